The predicted molar refractivity (Wildman–Crippen MR) is 100 cm³/mol. The van der Waals surface area contributed by atoms with Crippen molar-refractivity contribution in [2.24, 2.45) is 7.05 Å². The first-order chi connectivity index (χ1) is 13.1. The Morgan fingerprint density at radius 3 is 2.52 bits per heavy atom. The van der Waals surface area contributed by atoms with Gasteiger partial charge in [0.1, 0.15) is 12.4 Å². The highest BCUT2D eigenvalue weighted by Crippen LogP contribution is 2.37. The molecule has 7 nitrogen and oxygen atoms in total. The Kier molecular flexibility index (Phi) is 5.11. The van der Waals surface area contributed by atoms with E-state index < -0.39 is 0 Å². The van der Waals surface area contributed by atoms with Gasteiger partial charge in [0.2, 0.25) is 0 Å². The smallest absolute Gasteiger partial charge is 0.345 e. The average Bonchev–Trinajstić information content (AvgIpc) is 3.47. The van der Waals surface area contributed by atoms with Crippen molar-refractivity contribution < 1.29 is 9.53 Å². The lowest BCUT2D eigenvalue weighted by Crippen LogP contribution is -2.38. The van der Waals surface area contributed by atoms with Crippen LogP contribution in [0.1, 0.15) is 49.0 Å². The van der Waals surface area contributed by atoms with Crippen molar-refractivity contribution in [3.05, 3.63) is 52.2 Å². The van der Waals surface area contributed by atoms with Gasteiger partial charge in [-0.2, -0.15) is 5.10 Å². The maximum absolute atomic E-state index is 12.3. The zero-order chi connectivity index (χ0) is 18.8. The van der Waals surface area contributed by atoms with Crippen LogP contribution >= 0.6 is 0 Å². The highest BCUT2D eigenvalue weighted by atomic mass is 16.5. The van der Waals surface area contributed by atoms with Crippen LogP contribution in [0, 0.1) is 0 Å². The number of likely N-dealkylation sites (tertiary alicyclic amines) is 1. The molecule has 7 heteroatoms. The number of benzene rings is 1. The molecule has 2 heterocycles. The molecule has 2 fully saturated rings. The highest BCUT2D eigenvalue weighted by molar-refractivity contribution is 5.71. The van der Waals surface area contributed by atoms with Gasteiger partial charge in [-0.25, -0.2) is 9.48 Å². The number of esters is 1. The summed E-state index contributed by atoms with van der Waals surface area (Å²) in [5, 5.41) is 4.50. The van der Waals surface area contributed by atoms with Crippen molar-refractivity contribution in [2.75, 3.05) is 19.6 Å². The molecule has 1 aromatic heterocycles. The topological polar surface area (TPSA) is 69.4 Å². The summed E-state index contributed by atoms with van der Waals surface area (Å²) in [6.45, 7) is 2.27. The van der Waals surface area contributed by atoms with Crippen LogP contribution in [0.3, 0.4) is 0 Å². The molecule has 144 valence electrons. The van der Waals surface area contributed by atoms with Gasteiger partial charge in [-0.3, -0.25) is 14.3 Å². The lowest BCUT2D eigenvalue weighted by atomic mass is 9.96. The van der Waals surface area contributed by atoms with Crippen LogP contribution in [0.15, 0.2) is 35.1 Å². The third kappa shape index (κ3) is 4.13. The van der Waals surface area contributed by atoms with E-state index >= 15 is 0 Å². The maximum Gasteiger partial charge on any atom is 0.345 e. The molecule has 1 saturated carbocycles. The Hall–Kier alpha value is -2.41. The standard InChI is InChI=1S/C20H26N4O3/c1-22-20(26)24(17-7-8-17)19(21-22)16-9-11-23(12-10-16)13-18(25)27-14-15-5-3-2-4-6-15/h2-6,16-17H,7-14H2,1H3. The minimum atomic E-state index is -0.190. The third-order valence-corrected chi connectivity index (χ3v) is 5.44. The summed E-state index contributed by atoms with van der Waals surface area (Å²) in [6, 6.07) is 10.1. The van der Waals surface area contributed by atoms with Gasteiger partial charge in [0.05, 0.1) is 6.54 Å². The van der Waals surface area contributed by atoms with Crippen molar-refractivity contribution in [3.63, 3.8) is 0 Å². The molecule has 0 spiro atoms. The van der Waals surface area contributed by atoms with E-state index in [4.69, 9.17) is 4.74 Å². The summed E-state index contributed by atoms with van der Waals surface area (Å²) in [5.74, 6) is 1.03. The van der Waals surface area contributed by atoms with Gasteiger partial charge in [0.25, 0.3) is 0 Å². The molecule has 2 aromatic rings. The lowest BCUT2D eigenvalue weighted by molar-refractivity contribution is -0.146. The lowest BCUT2D eigenvalue weighted by Gasteiger charge is -2.30. The van der Waals surface area contributed by atoms with Crippen molar-refractivity contribution in [2.45, 2.75) is 44.2 Å². The predicted octanol–water partition coefficient (Wildman–Crippen LogP) is 1.84. The van der Waals surface area contributed by atoms with Crippen LogP contribution < -0.4 is 5.69 Å². The van der Waals surface area contributed by atoms with Crippen LogP contribution in [0.4, 0.5) is 0 Å². The summed E-state index contributed by atoms with van der Waals surface area (Å²) in [6.07, 6.45) is 3.97. The Morgan fingerprint density at radius 1 is 1.15 bits per heavy atom. The first kappa shape index (κ1) is 18.0. The normalized spacial score (nSPS) is 18.6. The Bertz CT molecular complexity index is 846. The Balaban J connectivity index is 1.29. The highest BCUT2D eigenvalue weighted by Gasteiger charge is 2.33. The van der Waals surface area contributed by atoms with E-state index in [9.17, 15) is 9.59 Å². The summed E-state index contributed by atoms with van der Waals surface area (Å²) in [7, 11) is 1.72. The minimum Gasteiger partial charge on any atom is -0.460 e. The molecule has 1 aliphatic heterocycles. The van der Waals surface area contributed by atoms with Crippen LogP contribution in [0.25, 0.3) is 0 Å². The number of aryl methyl sites for hydroxylation is 1. The van der Waals surface area contributed by atoms with Crippen LogP contribution in [0.2, 0.25) is 0 Å². The number of nitrogens with zero attached hydrogens (tertiary/aromatic N) is 4. The molecular weight excluding hydrogens is 344 g/mol. The SMILES string of the molecule is Cn1nc(C2CCN(CC(=O)OCc3ccccc3)CC2)n(C2CC2)c1=O. The number of piperidine rings is 1. The zero-order valence-electron chi connectivity index (χ0n) is 15.7. The monoisotopic (exact) mass is 370 g/mol. The second-order valence-electron chi connectivity index (χ2n) is 7.56. The Morgan fingerprint density at radius 2 is 1.85 bits per heavy atom. The molecule has 2 aliphatic rings. The number of aromatic nitrogens is 3. The molecule has 0 N–H and O–H groups in total. The van der Waals surface area contributed by atoms with E-state index in [1.807, 2.05) is 34.9 Å². The van der Waals surface area contributed by atoms with Crippen LogP contribution in [0.5, 0.6) is 0 Å². The Labute approximate surface area is 158 Å². The van der Waals surface area contributed by atoms with E-state index in [2.05, 4.69) is 10.00 Å². The number of ether oxygens (including phenoxy) is 1. The van der Waals surface area contributed by atoms with Crippen LogP contribution in [-0.4, -0.2) is 44.9 Å². The molecule has 0 bridgehead atoms. The third-order valence-electron chi connectivity index (χ3n) is 5.44. The van der Waals surface area contributed by atoms with Gasteiger partial charge in [-0.15, -0.1) is 0 Å². The van der Waals surface area contributed by atoms with Crippen molar-refractivity contribution >= 4 is 5.97 Å². The minimum absolute atomic E-state index is 0.000538. The molecule has 0 unspecified atom stereocenters. The molecule has 4 rings (SSSR count). The number of rotatable bonds is 6. The molecule has 0 amide bonds. The zero-order valence-corrected chi connectivity index (χ0v) is 15.7. The average molecular weight is 370 g/mol. The largest absolute Gasteiger partial charge is 0.460 e. The first-order valence-electron chi connectivity index (χ1n) is 9.69. The molecule has 0 radical (unpaired) electrons. The fourth-order valence-corrected chi connectivity index (χ4v) is 3.77. The number of hydrogen-bond acceptors (Lipinski definition) is 5. The van der Waals surface area contributed by atoms with Crippen molar-refractivity contribution in [1.29, 1.82) is 0 Å². The van der Waals surface area contributed by atoms with Gasteiger partial charge >= 0.3 is 11.7 Å². The molecule has 1 aliphatic carbocycles. The number of hydrogen-bond donors (Lipinski definition) is 0. The van der Waals surface area contributed by atoms with E-state index in [0.29, 0.717) is 19.2 Å². The fraction of sp³-hybridized carbons (Fsp3) is 0.550. The van der Waals surface area contributed by atoms with Crippen molar-refractivity contribution in [1.82, 2.24) is 19.2 Å². The van der Waals surface area contributed by atoms with Gasteiger partial charge in [-0.1, -0.05) is 30.3 Å². The molecule has 1 saturated heterocycles. The quantitative estimate of drug-likeness (QED) is 0.726. The number of carbonyl (C=O) groups is 1. The molecule has 0 atom stereocenters. The van der Waals surface area contributed by atoms with Crippen molar-refractivity contribution in [3.8, 4) is 0 Å². The second kappa shape index (κ2) is 7.68. The molecular formula is C20H26N4O3. The molecule has 1 aromatic carbocycles. The summed E-state index contributed by atoms with van der Waals surface area (Å²) >= 11 is 0. The fourth-order valence-electron chi connectivity index (χ4n) is 3.77. The van der Waals surface area contributed by atoms with E-state index in [0.717, 1.165) is 50.2 Å². The van der Waals surface area contributed by atoms with Gasteiger partial charge in [0, 0.05) is 19.0 Å². The first-order valence-corrected chi connectivity index (χ1v) is 9.69. The van der Waals surface area contributed by atoms with Gasteiger partial charge in [-0.05, 0) is 44.3 Å². The summed E-state index contributed by atoms with van der Waals surface area (Å²) < 4.78 is 8.74. The van der Waals surface area contributed by atoms with Crippen LogP contribution in [-0.2, 0) is 23.2 Å². The van der Waals surface area contributed by atoms with E-state index in [1.54, 1.807) is 7.05 Å². The van der Waals surface area contributed by atoms with E-state index in [1.165, 1.54) is 4.68 Å². The summed E-state index contributed by atoms with van der Waals surface area (Å²) in [5.41, 5.74) is 0.997. The van der Waals surface area contributed by atoms with Gasteiger partial charge < -0.3 is 4.74 Å². The molecule has 27 heavy (non-hydrogen) atoms. The van der Waals surface area contributed by atoms with Gasteiger partial charge in [0.15, 0.2) is 0 Å². The second-order valence-corrected chi connectivity index (χ2v) is 7.56. The van der Waals surface area contributed by atoms with E-state index in [-0.39, 0.29) is 17.6 Å². The maximum atomic E-state index is 12.3. The number of carbonyl (C=O) groups excluding carboxylic acids is 1. The summed E-state index contributed by atoms with van der Waals surface area (Å²) in [4.78, 5) is 26.5.